The van der Waals surface area contributed by atoms with Gasteiger partial charge in [-0.15, -0.1) is 0 Å². The van der Waals surface area contributed by atoms with Gasteiger partial charge in [0.05, 0.1) is 12.2 Å². The number of aromatic carboxylic acids is 1. The number of carboxylic acid groups (broad SMARTS) is 1. The van der Waals surface area contributed by atoms with E-state index in [1.807, 2.05) is 13.8 Å². The standard InChI is InChI=1S/C9H13N3O2/c1-5-3-6(2)12-8(11-5)7(4-10-12)9(13)14/h4-6,11H,3H2,1-2H3,(H,13,14). The van der Waals surface area contributed by atoms with Crippen LogP contribution in [0.2, 0.25) is 0 Å². The summed E-state index contributed by atoms with van der Waals surface area (Å²) in [7, 11) is 0. The van der Waals surface area contributed by atoms with Crippen molar-refractivity contribution in [2.45, 2.75) is 32.4 Å². The molecule has 76 valence electrons. The number of carbonyl (C=O) groups is 1. The largest absolute Gasteiger partial charge is 0.477 e. The van der Waals surface area contributed by atoms with E-state index in [-0.39, 0.29) is 11.6 Å². The van der Waals surface area contributed by atoms with Crippen molar-refractivity contribution in [1.82, 2.24) is 9.78 Å². The number of nitrogens with one attached hydrogen (secondary N) is 1. The number of nitrogens with zero attached hydrogens (tertiary/aromatic N) is 2. The lowest BCUT2D eigenvalue weighted by molar-refractivity contribution is 0.0697. The van der Waals surface area contributed by atoms with Crippen molar-refractivity contribution in [1.29, 1.82) is 0 Å². The summed E-state index contributed by atoms with van der Waals surface area (Å²) in [6.07, 6.45) is 2.37. The summed E-state index contributed by atoms with van der Waals surface area (Å²) in [5, 5.41) is 16.1. The third-order valence-corrected chi connectivity index (χ3v) is 2.52. The molecule has 0 aliphatic carbocycles. The van der Waals surface area contributed by atoms with Gasteiger partial charge in [-0.05, 0) is 20.3 Å². The van der Waals surface area contributed by atoms with Crippen LogP contribution in [-0.2, 0) is 0 Å². The Morgan fingerprint density at radius 1 is 1.71 bits per heavy atom. The highest BCUT2D eigenvalue weighted by Gasteiger charge is 2.26. The van der Waals surface area contributed by atoms with Crippen LogP contribution in [0.5, 0.6) is 0 Å². The maximum atomic E-state index is 10.9. The van der Waals surface area contributed by atoms with E-state index in [0.717, 1.165) is 6.42 Å². The van der Waals surface area contributed by atoms with Crippen molar-refractivity contribution >= 4 is 11.8 Å². The molecule has 0 saturated carbocycles. The topological polar surface area (TPSA) is 67.2 Å². The van der Waals surface area contributed by atoms with Gasteiger partial charge in [-0.3, -0.25) is 0 Å². The monoisotopic (exact) mass is 195 g/mol. The molecular formula is C9H13N3O2. The number of anilines is 1. The van der Waals surface area contributed by atoms with Gasteiger partial charge >= 0.3 is 5.97 Å². The SMILES string of the molecule is CC1CC(C)n2ncc(C(=O)O)c2N1. The maximum Gasteiger partial charge on any atom is 0.341 e. The van der Waals surface area contributed by atoms with Gasteiger partial charge in [-0.1, -0.05) is 0 Å². The van der Waals surface area contributed by atoms with Crippen LogP contribution in [0.3, 0.4) is 0 Å². The van der Waals surface area contributed by atoms with Crippen LogP contribution < -0.4 is 5.32 Å². The van der Waals surface area contributed by atoms with Gasteiger partial charge in [0.1, 0.15) is 11.4 Å². The Labute approximate surface area is 81.7 Å². The van der Waals surface area contributed by atoms with Crippen LogP contribution in [0.15, 0.2) is 6.20 Å². The Morgan fingerprint density at radius 2 is 2.43 bits per heavy atom. The highest BCUT2D eigenvalue weighted by Crippen LogP contribution is 2.28. The second-order valence-electron chi connectivity index (χ2n) is 3.79. The molecule has 1 aliphatic heterocycles. The van der Waals surface area contributed by atoms with Crippen molar-refractivity contribution in [3.05, 3.63) is 11.8 Å². The minimum Gasteiger partial charge on any atom is -0.477 e. The van der Waals surface area contributed by atoms with E-state index in [2.05, 4.69) is 10.4 Å². The number of rotatable bonds is 1. The maximum absolute atomic E-state index is 10.9. The fourth-order valence-electron chi connectivity index (χ4n) is 1.90. The van der Waals surface area contributed by atoms with E-state index in [9.17, 15) is 4.79 Å². The van der Waals surface area contributed by atoms with Crippen molar-refractivity contribution in [2.24, 2.45) is 0 Å². The third-order valence-electron chi connectivity index (χ3n) is 2.52. The van der Waals surface area contributed by atoms with Crippen LogP contribution in [0.4, 0.5) is 5.82 Å². The molecule has 0 radical (unpaired) electrons. The lowest BCUT2D eigenvalue weighted by Gasteiger charge is -2.28. The fourth-order valence-corrected chi connectivity index (χ4v) is 1.90. The highest BCUT2D eigenvalue weighted by atomic mass is 16.4. The van der Waals surface area contributed by atoms with Gasteiger partial charge in [0, 0.05) is 6.04 Å². The van der Waals surface area contributed by atoms with Gasteiger partial charge in [-0.25, -0.2) is 9.48 Å². The molecule has 5 nitrogen and oxygen atoms in total. The smallest absolute Gasteiger partial charge is 0.341 e. The van der Waals surface area contributed by atoms with E-state index >= 15 is 0 Å². The summed E-state index contributed by atoms with van der Waals surface area (Å²) in [5.41, 5.74) is 0.253. The van der Waals surface area contributed by atoms with E-state index in [1.54, 1.807) is 4.68 Å². The molecule has 14 heavy (non-hydrogen) atoms. The number of carboxylic acids is 1. The zero-order valence-electron chi connectivity index (χ0n) is 8.19. The average molecular weight is 195 g/mol. The normalized spacial score (nSPS) is 25.3. The van der Waals surface area contributed by atoms with E-state index in [1.165, 1.54) is 6.20 Å². The van der Waals surface area contributed by atoms with E-state index in [4.69, 9.17) is 5.11 Å². The van der Waals surface area contributed by atoms with Gasteiger partial charge in [0.25, 0.3) is 0 Å². The number of hydrogen-bond acceptors (Lipinski definition) is 3. The minimum absolute atomic E-state index is 0.253. The minimum atomic E-state index is -0.931. The molecule has 2 N–H and O–H groups in total. The molecule has 0 aromatic carbocycles. The molecule has 0 saturated heterocycles. The third kappa shape index (κ3) is 1.25. The lowest BCUT2D eigenvalue weighted by Crippen LogP contribution is -2.29. The molecule has 1 aromatic rings. The van der Waals surface area contributed by atoms with Gasteiger partial charge < -0.3 is 10.4 Å². The molecule has 2 rings (SSSR count). The molecule has 2 atom stereocenters. The summed E-state index contributed by atoms with van der Waals surface area (Å²) < 4.78 is 1.74. The Hall–Kier alpha value is -1.52. The molecule has 5 heteroatoms. The van der Waals surface area contributed by atoms with Crippen LogP contribution in [0, 0.1) is 0 Å². The summed E-state index contributed by atoms with van der Waals surface area (Å²) in [6, 6.07) is 0.557. The predicted molar refractivity (Wildman–Crippen MR) is 51.6 cm³/mol. The number of aromatic nitrogens is 2. The van der Waals surface area contributed by atoms with Crippen LogP contribution in [-0.4, -0.2) is 26.9 Å². The first-order valence-electron chi connectivity index (χ1n) is 4.67. The van der Waals surface area contributed by atoms with Crippen molar-refractivity contribution in [3.8, 4) is 0 Å². The molecule has 1 aliphatic rings. The summed E-state index contributed by atoms with van der Waals surface area (Å²) >= 11 is 0. The van der Waals surface area contributed by atoms with Crippen molar-refractivity contribution in [3.63, 3.8) is 0 Å². The molecule has 0 spiro atoms. The summed E-state index contributed by atoms with van der Waals surface area (Å²) in [6.45, 7) is 4.08. The van der Waals surface area contributed by atoms with Crippen molar-refractivity contribution < 1.29 is 9.90 Å². The first-order valence-corrected chi connectivity index (χ1v) is 4.67. The quantitative estimate of drug-likeness (QED) is 0.709. The Balaban J connectivity index is 2.46. The summed E-state index contributed by atoms with van der Waals surface area (Å²) in [5.74, 6) is -0.302. The lowest BCUT2D eigenvalue weighted by atomic mass is 10.1. The molecule has 0 bridgehead atoms. The second kappa shape index (κ2) is 3.01. The highest BCUT2D eigenvalue weighted by molar-refractivity contribution is 5.93. The van der Waals surface area contributed by atoms with Crippen molar-refractivity contribution in [2.75, 3.05) is 5.32 Å². The van der Waals surface area contributed by atoms with Gasteiger partial charge in [0.2, 0.25) is 0 Å². The zero-order valence-corrected chi connectivity index (χ0v) is 8.19. The first kappa shape index (κ1) is 9.05. The Morgan fingerprint density at radius 3 is 3.07 bits per heavy atom. The zero-order chi connectivity index (χ0) is 10.3. The van der Waals surface area contributed by atoms with Gasteiger partial charge in [-0.2, -0.15) is 5.10 Å². The first-order chi connectivity index (χ1) is 6.59. The second-order valence-corrected chi connectivity index (χ2v) is 3.79. The molecular weight excluding hydrogens is 182 g/mol. The summed E-state index contributed by atoms with van der Waals surface area (Å²) in [4.78, 5) is 10.9. The van der Waals surface area contributed by atoms with Gasteiger partial charge in [0.15, 0.2) is 0 Å². The fraction of sp³-hybridized carbons (Fsp3) is 0.556. The Kier molecular flexibility index (Phi) is 1.94. The molecule has 1 aromatic heterocycles. The van der Waals surface area contributed by atoms with Crippen LogP contribution in [0.25, 0.3) is 0 Å². The molecule has 0 amide bonds. The molecule has 0 fully saturated rings. The van der Waals surface area contributed by atoms with E-state index < -0.39 is 5.97 Å². The predicted octanol–water partition coefficient (Wildman–Crippen LogP) is 1.35. The molecule has 2 heterocycles. The van der Waals surface area contributed by atoms with E-state index in [0.29, 0.717) is 11.9 Å². The van der Waals surface area contributed by atoms with Crippen LogP contribution in [0.1, 0.15) is 36.7 Å². The Bertz CT molecular complexity index is 372. The average Bonchev–Trinajstić information content (AvgIpc) is 2.47. The number of hydrogen-bond donors (Lipinski definition) is 2. The molecule has 2 unspecified atom stereocenters. The number of fused-ring (bicyclic) bond motifs is 1. The van der Waals surface area contributed by atoms with Crippen LogP contribution >= 0.6 is 0 Å².